The quantitative estimate of drug-likeness (QED) is 0.469. The van der Waals surface area contributed by atoms with Gasteiger partial charge < -0.3 is 14.2 Å². The molecule has 0 unspecified atom stereocenters. The molecule has 0 aliphatic rings. The van der Waals surface area contributed by atoms with Gasteiger partial charge in [-0.15, -0.1) is 0 Å². The lowest BCUT2D eigenvalue weighted by atomic mass is 10.1. The highest BCUT2D eigenvalue weighted by atomic mass is 16.6. The number of aryl methyl sites for hydroxylation is 1. The lowest BCUT2D eigenvalue weighted by Crippen LogP contribution is -2.23. The lowest BCUT2D eigenvalue weighted by molar-refractivity contribution is -0.384. The number of esters is 1. The van der Waals surface area contributed by atoms with E-state index in [1.807, 2.05) is 21.0 Å². The molecular weight excluding hydrogens is 326 g/mol. The normalized spacial score (nSPS) is 11.0. The molecule has 132 valence electrons. The van der Waals surface area contributed by atoms with Crippen molar-refractivity contribution in [2.45, 2.75) is 13.5 Å². The van der Waals surface area contributed by atoms with E-state index < -0.39 is 16.3 Å². The van der Waals surface area contributed by atoms with Crippen molar-refractivity contribution in [3.63, 3.8) is 0 Å². The molecule has 25 heavy (non-hydrogen) atoms. The first-order valence-electron chi connectivity index (χ1n) is 7.59. The molecule has 1 aromatic heterocycles. The molecule has 0 N–H and O–H groups in total. The molecule has 2 rings (SSSR count). The largest absolute Gasteiger partial charge is 0.465 e. The van der Waals surface area contributed by atoms with Crippen molar-refractivity contribution in [2.24, 2.45) is 0 Å². The molecule has 1 heterocycles. The number of nitrogens with zero attached hydrogens (tertiary/aromatic N) is 3. The van der Waals surface area contributed by atoms with Crippen LogP contribution in [0.3, 0.4) is 0 Å². The van der Waals surface area contributed by atoms with Crippen LogP contribution in [-0.4, -0.2) is 41.6 Å². The van der Waals surface area contributed by atoms with Gasteiger partial charge in [-0.1, -0.05) is 0 Å². The molecule has 2 aromatic rings. The minimum Gasteiger partial charge on any atom is -0.465 e. The molecule has 8 nitrogen and oxygen atoms in total. The van der Waals surface area contributed by atoms with Crippen LogP contribution in [0.4, 0.5) is 5.69 Å². The van der Waals surface area contributed by atoms with Gasteiger partial charge in [0.05, 0.1) is 28.6 Å². The summed E-state index contributed by atoms with van der Waals surface area (Å²) in [4.78, 5) is 37.3. The molecule has 8 heteroatoms. The third-order valence-corrected chi connectivity index (χ3v) is 3.74. The second-order valence-electron chi connectivity index (χ2n) is 5.56. The first kappa shape index (κ1) is 18.2. The van der Waals surface area contributed by atoms with Crippen LogP contribution in [0, 0.1) is 10.1 Å². The molecule has 0 saturated carbocycles. The number of carbonyl (C=O) groups is 1. The van der Waals surface area contributed by atoms with Crippen LogP contribution in [0.1, 0.15) is 23.0 Å². The van der Waals surface area contributed by atoms with Crippen molar-refractivity contribution >= 4 is 28.6 Å². The second-order valence-corrected chi connectivity index (χ2v) is 5.56. The first-order chi connectivity index (χ1) is 11.8. The number of ether oxygens (including phenoxy) is 1. The van der Waals surface area contributed by atoms with E-state index in [2.05, 4.69) is 0 Å². The fourth-order valence-electron chi connectivity index (χ4n) is 2.60. The number of benzene rings is 1. The van der Waals surface area contributed by atoms with Crippen LogP contribution in [0.15, 0.2) is 29.2 Å². The molecule has 0 bridgehead atoms. The predicted molar refractivity (Wildman–Crippen MR) is 94.6 cm³/mol. The smallest absolute Gasteiger partial charge is 0.344 e. The Morgan fingerprint density at radius 1 is 1.40 bits per heavy atom. The summed E-state index contributed by atoms with van der Waals surface area (Å²) in [5.74, 6) is -0.779. The van der Waals surface area contributed by atoms with Gasteiger partial charge >= 0.3 is 5.97 Å². The van der Waals surface area contributed by atoms with Crippen molar-refractivity contribution in [1.29, 1.82) is 0 Å². The molecule has 0 aliphatic carbocycles. The van der Waals surface area contributed by atoms with E-state index in [0.29, 0.717) is 17.8 Å². The standard InChI is InChI=1S/C17H19N3O5/c1-5-19-13-7-6-11(20(23)24)10-12(13)16(21)15(17(22)25-4)14(19)8-9-18(2)3/h6-10H,5H2,1-4H3/b9-8+. The third-order valence-electron chi connectivity index (χ3n) is 3.74. The number of non-ortho nitro benzene ring substituents is 1. The molecule has 0 radical (unpaired) electrons. The highest BCUT2D eigenvalue weighted by Gasteiger charge is 2.22. The average molecular weight is 345 g/mol. The predicted octanol–water partition coefficient (Wildman–Crippen LogP) is 2.25. The van der Waals surface area contributed by atoms with Crippen LogP contribution < -0.4 is 5.43 Å². The Kier molecular flexibility index (Phi) is 5.21. The summed E-state index contributed by atoms with van der Waals surface area (Å²) < 4.78 is 6.51. The fourth-order valence-corrected chi connectivity index (χ4v) is 2.60. The van der Waals surface area contributed by atoms with E-state index in [-0.39, 0.29) is 16.6 Å². The molecular formula is C17H19N3O5. The summed E-state index contributed by atoms with van der Waals surface area (Å²) in [6.45, 7) is 2.32. The second kappa shape index (κ2) is 7.16. The zero-order valence-corrected chi connectivity index (χ0v) is 14.5. The molecule has 0 saturated heterocycles. The van der Waals surface area contributed by atoms with E-state index in [1.54, 1.807) is 21.7 Å². The number of methoxy groups -OCH3 is 1. The van der Waals surface area contributed by atoms with Crippen LogP contribution >= 0.6 is 0 Å². The number of nitro benzene ring substituents is 1. The van der Waals surface area contributed by atoms with Crippen molar-refractivity contribution < 1.29 is 14.5 Å². The lowest BCUT2D eigenvalue weighted by Gasteiger charge is -2.17. The summed E-state index contributed by atoms with van der Waals surface area (Å²) >= 11 is 0. The summed E-state index contributed by atoms with van der Waals surface area (Å²) in [6.07, 6.45) is 3.36. The summed E-state index contributed by atoms with van der Waals surface area (Å²) in [7, 11) is 4.81. The van der Waals surface area contributed by atoms with E-state index >= 15 is 0 Å². The number of rotatable bonds is 5. The van der Waals surface area contributed by atoms with E-state index in [1.165, 1.54) is 25.3 Å². The van der Waals surface area contributed by atoms with Crippen molar-refractivity contribution in [3.8, 4) is 0 Å². The minimum atomic E-state index is -0.779. The van der Waals surface area contributed by atoms with Gasteiger partial charge in [0.1, 0.15) is 5.56 Å². The van der Waals surface area contributed by atoms with Gasteiger partial charge in [0.15, 0.2) is 0 Å². The van der Waals surface area contributed by atoms with Gasteiger partial charge in [0.2, 0.25) is 5.43 Å². The number of fused-ring (bicyclic) bond motifs is 1. The van der Waals surface area contributed by atoms with Crippen molar-refractivity contribution in [2.75, 3.05) is 21.2 Å². The molecule has 1 aromatic carbocycles. The first-order valence-corrected chi connectivity index (χ1v) is 7.59. The zero-order chi connectivity index (χ0) is 18.7. The average Bonchev–Trinajstić information content (AvgIpc) is 2.58. The Hall–Kier alpha value is -3.16. The number of aromatic nitrogens is 1. The van der Waals surface area contributed by atoms with Gasteiger partial charge in [0, 0.05) is 39.0 Å². The number of hydrogen-bond acceptors (Lipinski definition) is 6. The third kappa shape index (κ3) is 3.37. The number of nitro groups is 1. The van der Waals surface area contributed by atoms with Gasteiger partial charge in [-0.05, 0) is 19.1 Å². The van der Waals surface area contributed by atoms with E-state index in [9.17, 15) is 19.7 Å². The Morgan fingerprint density at radius 3 is 2.60 bits per heavy atom. The Labute approximate surface area is 144 Å². The maximum Gasteiger partial charge on any atom is 0.344 e. The van der Waals surface area contributed by atoms with Crippen LogP contribution in [-0.2, 0) is 11.3 Å². The Morgan fingerprint density at radius 2 is 2.08 bits per heavy atom. The highest BCUT2D eigenvalue weighted by molar-refractivity contribution is 5.98. The molecule has 0 atom stereocenters. The van der Waals surface area contributed by atoms with E-state index in [4.69, 9.17) is 4.74 Å². The highest BCUT2D eigenvalue weighted by Crippen LogP contribution is 2.23. The van der Waals surface area contributed by atoms with Crippen LogP contribution in [0.5, 0.6) is 0 Å². The molecule has 0 fully saturated rings. The SMILES string of the molecule is CCn1c(/C=C/N(C)C)c(C(=O)OC)c(=O)c2cc([N+](=O)[O-])ccc21. The van der Waals surface area contributed by atoms with Gasteiger partial charge in [-0.25, -0.2) is 4.79 Å². The summed E-state index contributed by atoms with van der Waals surface area (Å²) in [5, 5.41) is 11.1. The monoisotopic (exact) mass is 345 g/mol. The van der Waals surface area contributed by atoms with Crippen LogP contribution in [0.2, 0.25) is 0 Å². The topological polar surface area (TPSA) is 94.7 Å². The maximum atomic E-state index is 12.9. The Balaban J connectivity index is 2.98. The van der Waals surface area contributed by atoms with Crippen LogP contribution in [0.25, 0.3) is 17.0 Å². The zero-order valence-electron chi connectivity index (χ0n) is 14.5. The van der Waals surface area contributed by atoms with Gasteiger partial charge in [-0.3, -0.25) is 14.9 Å². The summed E-state index contributed by atoms with van der Waals surface area (Å²) in [6, 6.07) is 4.05. The number of hydrogen-bond donors (Lipinski definition) is 0. The Bertz CT molecular complexity index is 928. The van der Waals surface area contributed by atoms with Gasteiger partial charge in [0.25, 0.3) is 5.69 Å². The number of pyridine rings is 1. The maximum absolute atomic E-state index is 12.9. The molecule has 0 amide bonds. The van der Waals surface area contributed by atoms with Gasteiger partial charge in [-0.2, -0.15) is 0 Å². The minimum absolute atomic E-state index is 0.110. The molecule has 0 spiro atoms. The van der Waals surface area contributed by atoms with E-state index in [0.717, 1.165) is 0 Å². The fraction of sp³-hybridized carbons (Fsp3) is 0.294. The number of carbonyl (C=O) groups excluding carboxylic acids is 1. The van der Waals surface area contributed by atoms with Crippen molar-refractivity contribution in [3.05, 3.63) is 56.0 Å². The van der Waals surface area contributed by atoms with Crippen molar-refractivity contribution in [1.82, 2.24) is 9.47 Å². The molecule has 0 aliphatic heterocycles. The summed E-state index contributed by atoms with van der Waals surface area (Å²) in [5.41, 5.74) is -0.0256.